The molecule has 0 unspecified atom stereocenters. The van der Waals surface area contributed by atoms with Gasteiger partial charge in [-0.1, -0.05) is 72.8 Å². The smallest absolute Gasteiger partial charge is 0.267 e. The Balaban J connectivity index is 1.67. The molecule has 1 fully saturated rings. The normalized spacial score (nSPS) is 16.7. The molecule has 0 spiro atoms. The van der Waals surface area contributed by atoms with Gasteiger partial charge in [-0.05, 0) is 46.7 Å². The summed E-state index contributed by atoms with van der Waals surface area (Å²) in [6, 6.07) is 27.1. The molecule has 29 heavy (non-hydrogen) atoms. The highest BCUT2D eigenvalue weighted by Gasteiger charge is 2.33. The van der Waals surface area contributed by atoms with Crippen LogP contribution < -0.4 is 0 Å². The van der Waals surface area contributed by atoms with Gasteiger partial charge in [-0.3, -0.25) is 9.69 Å². The number of amides is 1. The summed E-state index contributed by atoms with van der Waals surface area (Å²) in [7, 11) is 0. The lowest BCUT2D eigenvalue weighted by Crippen LogP contribution is -2.28. The number of hydrogen-bond donors (Lipinski definition) is 1. The number of aliphatic hydroxyl groups is 1. The van der Waals surface area contributed by atoms with Crippen LogP contribution in [0.3, 0.4) is 0 Å². The summed E-state index contributed by atoms with van der Waals surface area (Å²) in [5.41, 5.74) is 3.62. The van der Waals surface area contributed by atoms with Gasteiger partial charge >= 0.3 is 0 Å². The molecule has 0 radical (unpaired) electrons. The van der Waals surface area contributed by atoms with Crippen molar-refractivity contribution in [2.45, 2.75) is 13.2 Å². The van der Waals surface area contributed by atoms with Crippen molar-refractivity contribution < 1.29 is 9.90 Å². The summed E-state index contributed by atoms with van der Waals surface area (Å²) in [5, 5.41) is 9.88. The van der Waals surface area contributed by atoms with Crippen LogP contribution in [0, 0.1) is 0 Å². The van der Waals surface area contributed by atoms with Crippen LogP contribution in [-0.4, -0.2) is 21.1 Å². The number of aliphatic imine (C=N–C) groups is 1. The largest absolute Gasteiger partial charge is 0.392 e. The summed E-state index contributed by atoms with van der Waals surface area (Å²) >= 11 is 1.38. The van der Waals surface area contributed by atoms with Crippen LogP contribution in [0.25, 0.3) is 6.08 Å². The van der Waals surface area contributed by atoms with E-state index in [0.717, 1.165) is 22.4 Å². The zero-order chi connectivity index (χ0) is 20.1. The SMILES string of the molecule is O=C1C(=Cc2ccc(CO)cc2)SC(=Nc2ccccc2)N1Cc1ccccc1. The molecule has 1 aliphatic heterocycles. The molecule has 0 atom stereocenters. The Bertz CT molecular complexity index is 1050. The van der Waals surface area contributed by atoms with Crippen molar-refractivity contribution in [3.63, 3.8) is 0 Å². The van der Waals surface area contributed by atoms with Gasteiger partial charge in [-0.2, -0.15) is 0 Å². The molecular formula is C24H20N2O2S. The molecule has 1 heterocycles. The van der Waals surface area contributed by atoms with E-state index in [1.165, 1.54) is 11.8 Å². The van der Waals surface area contributed by atoms with Crippen LogP contribution in [0.15, 0.2) is 94.8 Å². The van der Waals surface area contributed by atoms with Gasteiger partial charge < -0.3 is 5.11 Å². The van der Waals surface area contributed by atoms with E-state index in [0.29, 0.717) is 16.6 Å². The summed E-state index contributed by atoms with van der Waals surface area (Å²) in [5.74, 6) is -0.0558. The van der Waals surface area contributed by atoms with E-state index in [1.807, 2.05) is 91.0 Å². The summed E-state index contributed by atoms with van der Waals surface area (Å²) < 4.78 is 0. The second-order valence-electron chi connectivity index (χ2n) is 6.62. The zero-order valence-corrected chi connectivity index (χ0v) is 16.5. The quantitative estimate of drug-likeness (QED) is 0.615. The number of aliphatic hydroxyl groups excluding tert-OH is 1. The van der Waals surface area contributed by atoms with Crippen molar-refractivity contribution in [3.8, 4) is 0 Å². The maximum Gasteiger partial charge on any atom is 0.267 e. The van der Waals surface area contributed by atoms with Crippen molar-refractivity contribution in [2.24, 2.45) is 4.99 Å². The second-order valence-corrected chi connectivity index (χ2v) is 7.63. The molecule has 144 valence electrons. The fraction of sp³-hybridized carbons (Fsp3) is 0.0833. The number of amidine groups is 1. The van der Waals surface area contributed by atoms with Crippen molar-refractivity contribution in [2.75, 3.05) is 0 Å². The summed E-state index contributed by atoms with van der Waals surface area (Å²) in [6.07, 6.45) is 1.87. The van der Waals surface area contributed by atoms with E-state index < -0.39 is 0 Å². The lowest BCUT2D eigenvalue weighted by molar-refractivity contribution is -0.122. The predicted octanol–water partition coefficient (Wildman–Crippen LogP) is 4.98. The maximum absolute atomic E-state index is 13.2. The molecule has 0 saturated carbocycles. The standard InChI is InChI=1S/C24H20N2O2S/c27-17-20-13-11-18(12-14-20)15-22-23(28)26(16-19-7-3-1-4-8-19)24(29-22)25-21-9-5-2-6-10-21/h1-15,27H,16-17H2. The molecule has 0 aliphatic carbocycles. The lowest BCUT2D eigenvalue weighted by atomic mass is 10.1. The topological polar surface area (TPSA) is 52.9 Å². The number of para-hydroxylation sites is 1. The van der Waals surface area contributed by atoms with Crippen molar-refractivity contribution >= 4 is 34.6 Å². The van der Waals surface area contributed by atoms with Gasteiger partial charge in [-0.15, -0.1) is 0 Å². The summed E-state index contributed by atoms with van der Waals surface area (Å²) in [4.78, 5) is 20.2. The molecular weight excluding hydrogens is 380 g/mol. The van der Waals surface area contributed by atoms with Crippen LogP contribution in [0.4, 0.5) is 5.69 Å². The van der Waals surface area contributed by atoms with E-state index in [1.54, 1.807) is 4.90 Å². The van der Waals surface area contributed by atoms with Gasteiger partial charge in [-0.25, -0.2) is 4.99 Å². The molecule has 0 aromatic heterocycles. The van der Waals surface area contributed by atoms with Crippen molar-refractivity contribution in [3.05, 3.63) is 107 Å². The Hall–Kier alpha value is -3.15. The van der Waals surface area contributed by atoms with Gasteiger partial charge in [0, 0.05) is 0 Å². The second kappa shape index (κ2) is 8.90. The first-order valence-corrected chi connectivity index (χ1v) is 10.1. The average Bonchev–Trinajstić information content (AvgIpc) is 3.04. The molecule has 3 aromatic rings. The molecule has 3 aromatic carbocycles. The molecule has 1 aliphatic rings. The third kappa shape index (κ3) is 4.65. The van der Waals surface area contributed by atoms with Crippen LogP contribution in [-0.2, 0) is 17.9 Å². The predicted molar refractivity (Wildman–Crippen MR) is 118 cm³/mol. The number of carbonyl (C=O) groups is 1. The fourth-order valence-electron chi connectivity index (χ4n) is 2.98. The molecule has 1 N–H and O–H groups in total. The number of hydrogen-bond acceptors (Lipinski definition) is 4. The first-order chi connectivity index (χ1) is 14.2. The van der Waals surface area contributed by atoms with Crippen LogP contribution >= 0.6 is 11.8 Å². The monoisotopic (exact) mass is 400 g/mol. The third-order valence-corrected chi connectivity index (χ3v) is 5.52. The van der Waals surface area contributed by atoms with E-state index in [9.17, 15) is 9.90 Å². The molecule has 4 rings (SSSR count). The highest BCUT2D eigenvalue weighted by molar-refractivity contribution is 8.18. The number of benzene rings is 3. The Kier molecular flexibility index (Phi) is 5.89. The Morgan fingerprint density at radius 2 is 1.52 bits per heavy atom. The van der Waals surface area contributed by atoms with Crippen LogP contribution in [0.5, 0.6) is 0 Å². The Morgan fingerprint density at radius 1 is 0.862 bits per heavy atom. The highest BCUT2D eigenvalue weighted by atomic mass is 32.2. The average molecular weight is 401 g/mol. The Morgan fingerprint density at radius 3 is 2.17 bits per heavy atom. The van der Waals surface area contributed by atoms with E-state index >= 15 is 0 Å². The van der Waals surface area contributed by atoms with Crippen molar-refractivity contribution in [1.82, 2.24) is 4.90 Å². The fourth-order valence-corrected chi connectivity index (χ4v) is 3.98. The Labute approximate surface area is 174 Å². The zero-order valence-electron chi connectivity index (χ0n) is 15.7. The van der Waals surface area contributed by atoms with Crippen LogP contribution in [0.1, 0.15) is 16.7 Å². The number of carbonyl (C=O) groups excluding carboxylic acids is 1. The molecule has 0 bridgehead atoms. The minimum atomic E-state index is -0.0558. The number of thioether (sulfide) groups is 1. The van der Waals surface area contributed by atoms with Gasteiger partial charge in [0.25, 0.3) is 5.91 Å². The summed E-state index contributed by atoms with van der Waals surface area (Å²) in [6.45, 7) is 0.475. The van der Waals surface area contributed by atoms with E-state index in [4.69, 9.17) is 4.99 Å². The van der Waals surface area contributed by atoms with Crippen LogP contribution in [0.2, 0.25) is 0 Å². The van der Waals surface area contributed by atoms with E-state index in [-0.39, 0.29) is 12.5 Å². The number of nitrogens with zero attached hydrogens (tertiary/aromatic N) is 2. The highest BCUT2D eigenvalue weighted by Crippen LogP contribution is 2.35. The van der Waals surface area contributed by atoms with Crippen molar-refractivity contribution in [1.29, 1.82) is 0 Å². The minimum Gasteiger partial charge on any atom is -0.392 e. The van der Waals surface area contributed by atoms with Gasteiger partial charge in [0.05, 0.1) is 23.7 Å². The third-order valence-electron chi connectivity index (χ3n) is 4.51. The van der Waals surface area contributed by atoms with Gasteiger partial charge in [0.15, 0.2) is 5.17 Å². The van der Waals surface area contributed by atoms with Gasteiger partial charge in [0.2, 0.25) is 0 Å². The molecule has 5 heteroatoms. The molecule has 4 nitrogen and oxygen atoms in total. The van der Waals surface area contributed by atoms with E-state index in [2.05, 4.69) is 0 Å². The minimum absolute atomic E-state index is 0.00324. The number of rotatable bonds is 5. The molecule has 1 saturated heterocycles. The van der Waals surface area contributed by atoms with Gasteiger partial charge in [0.1, 0.15) is 0 Å². The molecule has 1 amide bonds. The maximum atomic E-state index is 13.2. The lowest BCUT2D eigenvalue weighted by Gasteiger charge is -2.15. The first-order valence-electron chi connectivity index (χ1n) is 9.32. The first kappa shape index (κ1) is 19.2.